The molecular formula is C41H29N3O. The lowest BCUT2D eigenvalue weighted by Crippen LogP contribution is -2.32. The van der Waals surface area contributed by atoms with Crippen molar-refractivity contribution in [2.24, 2.45) is 10.2 Å². The van der Waals surface area contributed by atoms with E-state index >= 15 is 0 Å². The fourth-order valence-corrected chi connectivity index (χ4v) is 6.88. The molecule has 2 aliphatic rings. The van der Waals surface area contributed by atoms with E-state index in [0.717, 1.165) is 50.6 Å². The van der Waals surface area contributed by atoms with Crippen molar-refractivity contribution < 1.29 is 4.74 Å². The maximum absolute atomic E-state index is 6.52. The number of allylic oxidation sites excluding steroid dienone is 1. The minimum Gasteiger partial charge on any atom is -0.457 e. The Morgan fingerprint density at radius 3 is 1.93 bits per heavy atom. The molecule has 1 aliphatic heterocycles. The molecule has 1 aliphatic carbocycles. The first-order valence-electron chi connectivity index (χ1n) is 15.1. The molecule has 4 nitrogen and oxygen atoms in total. The van der Waals surface area contributed by atoms with Gasteiger partial charge in [0.1, 0.15) is 11.5 Å². The summed E-state index contributed by atoms with van der Waals surface area (Å²) in [5, 5.41) is 9.54. The Morgan fingerprint density at radius 2 is 1.22 bits per heavy atom. The van der Waals surface area contributed by atoms with Crippen LogP contribution in [-0.2, 0) is 5.41 Å². The van der Waals surface area contributed by atoms with E-state index in [1.807, 2.05) is 42.5 Å². The van der Waals surface area contributed by atoms with E-state index < -0.39 is 5.41 Å². The summed E-state index contributed by atoms with van der Waals surface area (Å²) in [5.74, 6) is 1.74. The normalized spacial score (nSPS) is 14.2. The topological polar surface area (TPSA) is 46.8 Å². The number of nitrogens with zero attached hydrogens (tertiary/aromatic N) is 3. The summed E-state index contributed by atoms with van der Waals surface area (Å²) in [4.78, 5) is 4.23. The number of rotatable bonds is 5. The Hall–Kier alpha value is -5.87. The number of benzene rings is 5. The van der Waals surface area contributed by atoms with Gasteiger partial charge in [0, 0.05) is 34.6 Å². The third kappa shape index (κ3) is 4.18. The van der Waals surface area contributed by atoms with E-state index in [0.29, 0.717) is 5.70 Å². The summed E-state index contributed by atoms with van der Waals surface area (Å²) in [6.45, 7) is 6.29. The lowest BCUT2D eigenvalue weighted by molar-refractivity contribution is 0.436. The molecule has 0 atom stereocenters. The second kappa shape index (κ2) is 10.7. The van der Waals surface area contributed by atoms with Gasteiger partial charge in [0.05, 0.1) is 16.8 Å². The fraction of sp³-hybridized carbons (Fsp3) is 0.0488. The minimum atomic E-state index is -0.560. The highest BCUT2D eigenvalue weighted by molar-refractivity contribution is 5.93. The number of ether oxygens (including phenoxy) is 1. The van der Waals surface area contributed by atoms with E-state index in [9.17, 15) is 0 Å². The van der Waals surface area contributed by atoms with Crippen LogP contribution >= 0.6 is 0 Å². The van der Waals surface area contributed by atoms with Crippen molar-refractivity contribution in [3.8, 4) is 22.6 Å². The molecule has 0 N–H and O–H groups in total. The van der Waals surface area contributed by atoms with Crippen molar-refractivity contribution in [1.82, 2.24) is 4.98 Å². The summed E-state index contributed by atoms with van der Waals surface area (Å²) < 4.78 is 6.52. The molecule has 6 aromatic rings. The highest BCUT2D eigenvalue weighted by atomic mass is 16.5. The highest BCUT2D eigenvalue weighted by Crippen LogP contribution is 2.62. The van der Waals surface area contributed by atoms with Crippen molar-refractivity contribution in [2.75, 3.05) is 0 Å². The minimum absolute atomic E-state index is 0.554. The average molecular weight is 580 g/mol. The van der Waals surface area contributed by atoms with Gasteiger partial charge in [-0.1, -0.05) is 110 Å². The largest absolute Gasteiger partial charge is 0.457 e. The third-order valence-electron chi connectivity index (χ3n) is 8.95. The van der Waals surface area contributed by atoms with E-state index in [-0.39, 0.29) is 0 Å². The van der Waals surface area contributed by atoms with Crippen LogP contribution in [0.15, 0.2) is 163 Å². The molecule has 1 spiro atoms. The van der Waals surface area contributed by atoms with Gasteiger partial charge in [-0.3, -0.25) is 4.98 Å². The second-order valence-electron chi connectivity index (χ2n) is 11.4. The van der Waals surface area contributed by atoms with Crippen molar-refractivity contribution in [3.05, 3.63) is 191 Å². The highest BCUT2D eigenvalue weighted by Gasteiger charge is 2.51. The second-order valence-corrected chi connectivity index (χ2v) is 11.4. The molecule has 0 radical (unpaired) electrons. The Balaban J connectivity index is 1.39. The zero-order chi connectivity index (χ0) is 30.4. The molecule has 0 saturated carbocycles. The van der Waals surface area contributed by atoms with Gasteiger partial charge in [0.15, 0.2) is 0 Å². The molecule has 5 aromatic carbocycles. The average Bonchev–Trinajstić information content (AvgIpc) is 3.39. The van der Waals surface area contributed by atoms with Crippen molar-refractivity contribution in [2.45, 2.75) is 12.3 Å². The van der Waals surface area contributed by atoms with Crippen molar-refractivity contribution >= 4 is 17.0 Å². The quantitative estimate of drug-likeness (QED) is 0.150. The van der Waals surface area contributed by atoms with Crippen LogP contribution in [-0.4, -0.2) is 4.98 Å². The number of hydrogen-bond donors (Lipinski definition) is 0. The molecule has 2 heterocycles. The number of aromatic nitrogens is 1. The van der Waals surface area contributed by atoms with Gasteiger partial charge in [-0.25, -0.2) is 0 Å². The Bertz CT molecular complexity index is 2120. The summed E-state index contributed by atoms with van der Waals surface area (Å²) in [6, 6.07) is 46.4. The van der Waals surface area contributed by atoms with Gasteiger partial charge in [-0.05, 0) is 70.6 Å². The molecule has 0 bridgehead atoms. The van der Waals surface area contributed by atoms with E-state index in [2.05, 4.69) is 115 Å². The molecule has 0 amide bonds. The van der Waals surface area contributed by atoms with Crippen LogP contribution in [0, 0.1) is 0 Å². The predicted molar refractivity (Wildman–Crippen MR) is 181 cm³/mol. The van der Waals surface area contributed by atoms with Gasteiger partial charge in [-0.15, -0.1) is 5.11 Å². The van der Waals surface area contributed by atoms with Crippen LogP contribution in [0.2, 0.25) is 0 Å². The van der Waals surface area contributed by atoms with Crippen molar-refractivity contribution in [3.63, 3.8) is 0 Å². The molecule has 45 heavy (non-hydrogen) atoms. The lowest BCUT2D eigenvalue weighted by atomic mass is 9.66. The Labute approximate surface area is 262 Å². The van der Waals surface area contributed by atoms with Gasteiger partial charge in [0.2, 0.25) is 0 Å². The lowest BCUT2D eigenvalue weighted by Gasteiger charge is -2.39. The molecule has 1 aromatic heterocycles. The van der Waals surface area contributed by atoms with Crippen LogP contribution in [0.5, 0.6) is 11.5 Å². The molecule has 4 heteroatoms. The maximum Gasteiger partial charge on any atom is 0.132 e. The standard InChI is InChI=1S/C41H29N3O/c1-27(29-13-4-3-5-14-29)40(44-43-28(2)31-15-12-24-42-26-31)30-22-23-33-32-16-6-7-17-34(32)41(37(33)25-30)35-18-8-10-20-38(35)45-39-21-11-9-19-36(39)41/h3-26H,2H2,1H3/b40-27+,44-43-. The molecular weight excluding hydrogens is 550 g/mol. The summed E-state index contributed by atoms with van der Waals surface area (Å²) in [6.07, 6.45) is 3.50. The summed E-state index contributed by atoms with van der Waals surface area (Å²) >= 11 is 0. The summed E-state index contributed by atoms with van der Waals surface area (Å²) in [7, 11) is 0. The Morgan fingerprint density at radius 1 is 0.600 bits per heavy atom. The molecule has 0 fully saturated rings. The first kappa shape index (κ1) is 26.7. The number of para-hydroxylation sites is 2. The molecule has 0 saturated heterocycles. The first-order chi connectivity index (χ1) is 22.2. The zero-order valence-corrected chi connectivity index (χ0v) is 24.8. The number of fused-ring (bicyclic) bond motifs is 9. The van der Waals surface area contributed by atoms with Crippen LogP contribution < -0.4 is 4.74 Å². The number of azo groups is 1. The van der Waals surface area contributed by atoms with Crippen LogP contribution in [0.3, 0.4) is 0 Å². The molecule has 214 valence electrons. The molecule has 0 unspecified atom stereocenters. The smallest absolute Gasteiger partial charge is 0.132 e. The predicted octanol–water partition coefficient (Wildman–Crippen LogP) is 10.6. The van der Waals surface area contributed by atoms with E-state index in [1.165, 1.54) is 22.3 Å². The number of hydrogen-bond acceptors (Lipinski definition) is 4. The van der Waals surface area contributed by atoms with Gasteiger partial charge in [-0.2, -0.15) is 5.11 Å². The first-order valence-corrected chi connectivity index (χ1v) is 15.1. The zero-order valence-electron chi connectivity index (χ0n) is 24.8. The van der Waals surface area contributed by atoms with Crippen LogP contribution in [0.1, 0.15) is 45.9 Å². The SMILES string of the molecule is C=C(/N=N\C(=C(/C)c1ccccc1)c1ccc2c(c1)C1(c3ccccc3Oc3ccccc31)c1ccccc1-2)c1cccnc1. The van der Waals surface area contributed by atoms with Crippen LogP contribution in [0.4, 0.5) is 0 Å². The Kier molecular flexibility index (Phi) is 6.35. The summed E-state index contributed by atoms with van der Waals surface area (Å²) in [5.41, 5.74) is 11.8. The number of pyridine rings is 1. The van der Waals surface area contributed by atoms with Gasteiger partial charge in [0.25, 0.3) is 0 Å². The van der Waals surface area contributed by atoms with E-state index in [4.69, 9.17) is 9.85 Å². The maximum atomic E-state index is 6.52. The third-order valence-corrected chi connectivity index (χ3v) is 8.95. The van der Waals surface area contributed by atoms with Crippen LogP contribution in [0.25, 0.3) is 28.1 Å². The van der Waals surface area contributed by atoms with Gasteiger partial charge < -0.3 is 4.74 Å². The van der Waals surface area contributed by atoms with E-state index in [1.54, 1.807) is 12.4 Å². The fourth-order valence-electron chi connectivity index (χ4n) is 6.88. The molecule has 8 rings (SSSR count). The van der Waals surface area contributed by atoms with Gasteiger partial charge >= 0.3 is 0 Å². The van der Waals surface area contributed by atoms with Crippen molar-refractivity contribution in [1.29, 1.82) is 0 Å². The monoisotopic (exact) mass is 579 g/mol.